The molecule has 0 bridgehead atoms. The van der Waals surface area contributed by atoms with Crippen LogP contribution < -0.4 is 0 Å². The summed E-state index contributed by atoms with van der Waals surface area (Å²) in [5, 5.41) is 4.64. The Morgan fingerprint density at radius 2 is 1.84 bits per heavy atom. The van der Waals surface area contributed by atoms with Crippen LogP contribution in [0.1, 0.15) is 42.7 Å². The molecule has 1 aliphatic carbocycles. The monoisotopic (exact) mass is 331 g/mol. The van der Waals surface area contributed by atoms with Gasteiger partial charge in [-0.05, 0) is 37.5 Å². The van der Waals surface area contributed by atoms with Gasteiger partial charge in [-0.25, -0.2) is 9.67 Å². The van der Waals surface area contributed by atoms with Crippen molar-refractivity contribution in [3.8, 4) is 0 Å². The predicted molar refractivity (Wildman–Crippen MR) is 105 cm³/mol. The second kappa shape index (κ2) is 6.67. The number of hydrogen-bond donors (Lipinski definition) is 0. The van der Waals surface area contributed by atoms with Crippen molar-refractivity contribution in [2.45, 2.75) is 33.7 Å². The van der Waals surface area contributed by atoms with Crippen LogP contribution in [0.15, 0.2) is 61.2 Å². The minimum absolute atomic E-state index is 0.141. The van der Waals surface area contributed by atoms with Gasteiger partial charge in [0.05, 0.1) is 6.04 Å². The van der Waals surface area contributed by atoms with Crippen LogP contribution in [0.2, 0.25) is 0 Å². The number of rotatable bonds is 4. The van der Waals surface area contributed by atoms with Crippen LogP contribution in [0.3, 0.4) is 0 Å². The van der Waals surface area contributed by atoms with Crippen molar-refractivity contribution in [1.82, 2.24) is 14.8 Å². The van der Waals surface area contributed by atoms with Crippen molar-refractivity contribution < 1.29 is 0 Å². The van der Waals surface area contributed by atoms with Gasteiger partial charge < -0.3 is 0 Å². The summed E-state index contributed by atoms with van der Waals surface area (Å²) in [5.74, 6) is 1.86. The molecule has 1 aliphatic rings. The summed E-state index contributed by atoms with van der Waals surface area (Å²) < 4.78 is 2.00. The average molecular weight is 331 g/mol. The normalized spacial score (nSPS) is 20.0. The molecular weight excluding hydrogens is 306 g/mol. The summed E-state index contributed by atoms with van der Waals surface area (Å²) >= 11 is 0. The molecule has 3 rings (SSSR count). The largest absolute Gasteiger partial charge is 0.238 e. The van der Waals surface area contributed by atoms with E-state index in [4.69, 9.17) is 0 Å². The molecule has 0 radical (unpaired) electrons. The summed E-state index contributed by atoms with van der Waals surface area (Å²) in [4.78, 5) is 4.55. The molecule has 0 aliphatic heterocycles. The quantitative estimate of drug-likeness (QED) is 0.710. The SMILES string of the molecule is C=CC(=C)c1nc(C)nn1C1C(C)=CC(c2ccc(C)cc2)=CC1C. The summed E-state index contributed by atoms with van der Waals surface area (Å²) in [5.41, 5.74) is 5.86. The van der Waals surface area contributed by atoms with Crippen LogP contribution >= 0.6 is 0 Å². The molecule has 0 spiro atoms. The molecule has 128 valence electrons. The van der Waals surface area contributed by atoms with Crippen molar-refractivity contribution in [1.29, 1.82) is 0 Å². The lowest BCUT2D eigenvalue weighted by atomic mass is 9.85. The summed E-state index contributed by atoms with van der Waals surface area (Å²) in [6.45, 7) is 16.3. The standard InChI is InChI=1S/C22H25N3/c1-7-15(3)22-23-18(6)24-25(22)21-16(4)12-20(13-17(21)5)19-10-8-14(2)9-11-19/h7-13,16,21H,1,3H2,2,4-6H3. The van der Waals surface area contributed by atoms with E-state index in [0.29, 0.717) is 5.92 Å². The molecule has 0 N–H and O–H groups in total. The Morgan fingerprint density at radius 3 is 2.44 bits per heavy atom. The predicted octanol–water partition coefficient (Wildman–Crippen LogP) is 5.31. The number of hydrogen-bond acceptors (Lipinski definition) is 2. The molecule has 2 unspecified atom stereocenters. The van der Waals surface area contributed by atoms with Crippen LogP contribution in [0.5, 0.6) is 0 Å². The zero-order chi connectivity index (χ0) is 18.1. The lowest BCUT2D eigenvalue weighted by molar-refractivity contribution is 0.418. The van der Waals surface area contributed by atoms with Gasteiger partial charge in [0, 0.05) is 11.5 Å². The first kappa shape index (κ1) is 17.2. The highest BCUT2D eigenvalue weighted by Crippen LogP contribution is 2.37. The molecule has 1 aromatic carbocycles. The molecule has 0 fully saturated rings. The van der Waals surface area contributed by atoms with E-state index in [0.717, 1.165) is 17.2 Å². The van der Waals surface area contributed by atoms with Crippen molar-refractivity contribution in [2.24, 2.45) is 5.92 Å². The third-order valence-electron chi connectivity index (χ3n) is 4.71. The van der Waals surface area contributed by atoms with E-state index in [1.165, 1.54) is 22.3 Å². The Kier molecular flexibility index (Phi) is 4.58. The molecule has 2 atom stereocenters. The Balaban J connectivity index is 2.00. The van der Waals surface area contributed by atoms with E-state index >= 15 is 0 Å². The summed E-state index contributed by atoms with van der Waals surface area (Å²) in [7, 11) is 0. The van der Waals surface area contributed by atoms with E-state index in [1.54, 1.807) is 6.08 Å². The van der Waals surface area contributed by atoms with Crippen LogP contribution in [0.25, 0.3) is 11.1 Å². The second-order valence-electron chi connectivity index (χ2n) is 6.84. The fourth-order valence-electron chi connectivity index (χ4n) is 3.44. The van der Waals surface area contributed by atoms with Crippen LogP contribution in [-0.4, -0.2) is 14.8 Å². The van der Waals surface area contributed by atoms with Gasteiger partial charge in [-0.3, -0.25) is 0 Å². The van der Waals surface area contributed by atoms with Crippen molar-refractivity contribution in [3.63, 3.8) is 0 Å². The Bertz CT molecular complexity index is 878. The Labute approximate surface area is 150 Å². The van der Waals surface area contributed by atoms with Gasteiger partial charge >= 0.3 is 0 Å². The topological polar surface area (TPSA) is 30.7 Å². The third kappa shape index (κ3) is 3.27. The van der Waals surface area contributed by atoms with Crippen LogP contribution in [0, 0.1) is 19.8 Å². The lowest BCUT2D eigenvalue weighted by Gasteiger charge is -2.29. The molecule has 0 amide bonds. The van der Waals surface area contributed by atoms with Crippen LogP contribution in [-0.2, 0) is 0 Å². The van der Waals surface area contributed by atoms with Gasteiger partial charge in [-0.2, -0.15) is 5.10 Å². The highest BCUT2D eigenvalue weighted by atomic mass is 15.4. The fraction of sp³-hybridized carbons (Fsp3) is 0.273. The first-order valence-corrected chi connectivity index (χ1v) is 8.62. The highest BCUT2D eigenvalue weighted by Gasteiger charge is 2.27. The maximum Gasteiger partial charge on any atom is 0.158 e. The minimum atomic E-state index is 0.141. The number of benzene rings is 1. The Morgan fingerprint density at radius 1 is 1.16 bits per heavy atom. The molecule has 3 heteroatoms. The Hall–Kier alpha value is -2.68. The number of aromatic nitrogens is 3. The van der Waals surface area contributed by atoms with E-state index in [1.807, 2.05) is 11.6 Å². The number of allylic oxidation sites excluding steroid dienone is 6. The van der Waals surface area contributed by atoms with Gasteiger partial charge in [0.15, 0.2) is 5.82 Å². The highest BCUT2D eigenvalue weighted by molar-refractivity contribution is 5.76. The van der Waals surface area contributed by atoms with E-state index in [9.17, 15) is 0 Å². The van der Waals surface area contributed by atoms with E-state index < -0.39 is 0 Å². The zero-order valence-corrected chi connectivity index (χ0v) is 15.5. The van der Waals surface area contributed by atoms with E-state index in [-0.39, 0.29) is 6.04 Å². The van der Waals surface area contributed by atoms with E-state index in [2.05, 4.69) is 80.4 Å². The summed E-state index contributed by atoms with van der Waals surface area (Å²) in [6.07, 6.45) is 6.31. The first-order chi connectivity index (χ1) is 11.9. The van der Waals surface area contributed by atoms with Gasteiger partial charge in [0.1, 0.15) is 5.82 Å². The molecule has 2 aromatic rings. The molecule has 0 saturated carbocycles. The average Bonchev–Trinajstić information content (AvgIpc) is 2.95. The van der Waals surface area contributed by atoms with Gasteiger partial charge in [0.2, 0.25) is 0 Å². The molecule has 3 nitrogen and oxygen atoms in total. The lowest BCUT2D eigenvalue weighted by Crippen LogP contribution is -2.23. The molecule has 1 aromatic heterocycles. The van der Waals surface area contributed by atoms with Gasteiger partial charge in [0.25, 0.3) is 0 Å². The molecule has 0 saturated heterocycles. The first-order valence-electron chi connectivity index (χ1n) is 8.62. The summed E-state index contributed by atoms with van der Waals surface area (Å²) in [6, 6.07) is 8.82. The fourth-order valence-corrected chi connectivity index (χ4v) is 3.44. The third-order valence-corrected chi connectivity index (χ3v) is 4.71. The van der Waals surface area contributed by atoms with Crippen molar-refractivity contribution in [3.05, 3.63) is 84.0 Å². The zero-order valence-electron chi connectivity index (χ0n) is 15.5. The number of nitrogens with zero attached hydrogens (tertiary/aromatic N) is 3. The second-order valence-corrected chi connectivity index (χ2v) is 6.84. The maximum absolute atomic E-state index is 4.64. The van der Waals surface area contributed by atoms with Crippen molar-refractivity contribution in [2.75, 3.05) is 0 Å². The maximum atomic E-state index is 4.64. The number of aryl methyl sites for hydroxylation is 2. The smallest absolute Gasteiger partial charge is 0.158 e. The molecule has 25 heavy (non-hydrogen) atoms. The van der Waals surface area contributed by atoms with Crippen molar-refractivity contribution >= 4 is 11.1 Å². The van der Waals surface area contributed by atoms with Gasteiger partial charge in [-0.1, -0.05) is 68.1 Å². The molecule has 1 heterocycles. The molecular formula is C22H25N3. The van der Waals surface area contributed by atoms with Gasteiger partial charge in [-0.15, -0.1) is 0 Å². The minimum Gasteiger partial charge on any atom is -0.238 e. The van der Waals surface area contributed by atoms with Crippen LogP contribution in [0.4, 0.5) is 0 Å².